The molecule has 36 heteroatoms. The lowest BCUT2D eigenvalue weighted by Gasteiger charge is -2.34. The van der Waals surface area contributed by atoms with E-state index in [0.717, 1.165) is 34.1 Å². The third kappa shape index (κ3) is 14.0. The Hall–Kier alpha value is -10.7. The molecule has 9 heterocycles. The summed E-state index contributed by atoms with van der Waals surface area (Å²) in [6, 6.07) is 2.11. The first-order valence-corrected chi connectivity index (χ1v) is 33.0. The minimum Gasteiger partial charge on any atom is -0.503 e. The lowest BCUT2D eigenvalue weighted by atomic mass is 10.0. The van der Waals surface area contributed by atoms with Gasteiger partial charge in [-0.2, -0.15) is 0 Å². The number of amides is 11. The number of likely N-dealkylation sites (N-methyl/N-ethyl adjacent to an activating group) is 6. The van der Waals surface area contributed by atoms with Crippen molar-refractivity contribution in [2.24, 2.45) is 0 Å². The van der Waals surface area contributed by atoms with E-state index >= 15 is 0 Å². The van der Waals surface area contributed by atoms with Gasteiger partial charge >= 0.3 is 35.4 Å². The fourth-order valence-electron chi connectivity index (χ4n) is 13.3. The minimum absolute atomic E-state index is 0.0192. The van der Waals surface area contributed by atoms with Gasteiger partial charge in [-0.05, 0) is 74.8 Å². The fraction of sp³-hybridized carbons (Fsp3) is 0.424. The highest BCUT2D eigenvalue weighted by molar-refractivity contribution is 14.1. The second-order valence-corrected chi connectivity index (χ2v) is 26.1. The van der Waals surface area contributed by atoms with E-state index in [1.54, 1.807) is 18.7 Å². The number of nitrogens with zero attached hydrogens (tertiary/aromatic N) is 9. The number of benzene rings is 2. The number of nitrogens with one attached hydrogen (secondary N) is 5. The molecule has 0 aliphatic carbocycles. The number of pyridine rings is 3. The van der Waals surface area contributed by atoms with Gasteiger partial charge in [0.15, 0.2) is 34.3 Å². The summed E-state index contributed by atoms with van der Waals surface area (Å²) >= 11 is 1.92. The molecule has 6 atom stereocenters. The van der Waals surface area contributed by atoms with Crippen molar-refractivity contribution in [3.63, 3.8) is 0 Å². The quantitative estimate of drug-likeness (QED) is 0.0518. The van der Waals surface area contributed by atoms with Gasteiger partial charge in [0.1, 0.15) is 34.4 Å². The molecular formula is C66H73F4IN14O17. The molecule has 6 aliphatic heterocycles. The van der Waals surface area contributed by atoms with E-state index in [2.05, 4.69) is 26.6 Å². The van der Waals surface area contributed by atoms with Gasteiger partial charge in [0.25, 0.3) is 29.5 Å². The molecule has 102 heavy (non-hydrogen) atoms. The number of methoxy groups -OCH3 is 2. The molecule has 11 amide bonds. The molecule has 544 valence electrons. The highest BCUT2D eigenvalue weighted by Crippen LogP contribution is 2.46. The molecule has 0 bridgehead atoms. The Morgan fingerprint density at radius 1 is 0.500 bits per heavy atom. The number of carbonyl (C=O) groups is 11. The van der Waals surface area contributed by atoms with Crippen LogP contribution >= 0.6 is 22.6 Å². The van der Waals surface area contributed by atoms with Crippen molar-refractivity contribution >= 4 is 87.6 Å². The van der Waals surface area contributed by atoms with Crippen LogP contribution in [0.2, 0.25) is 0 Å². The van der Waals surface area contributed by atoms with E-state index in [-0.39, 0.29) is 101 Å². The predicted molar refractivity (Wildman–Crippen MR) is 359 cm³/mol. The molecule has 3 unspecified atom stereocenters. The number of hydrogen-bond donors (Lipinski definition) is 6. The summed E-state index contributed by atoms with van der Waals surface area (Å²) in [6.07, 6.45) is 0.827. The van der Waals surface area contributed by atoms with Crippen LogP contribution in [0.5, 0.6) is 17.2 Å². The number of halogens is 5. The van der Waals surface area contributed by atoms with E-state index < -0.39 is 147 Å². The average Bonchev–Trinajstić information content (AvgIpc) is 1.53. The Morgan fingerprint density at radius 2 is 0.824 bits per heavy atom. The van der Waals surface area contributed by atoms with Gasteiger partial charge in [0, 0.05) is 118 Å². The van der Waals surface area contributed by atoms with Crippen molar-refractivity contribution in [3.05, 3.63) is 150 Å². The average molecular weight is 1540 g/mol. The molecule has 11 rings (SSSR count). The second kappa shape index (κ2) is 30.3. The summed E-state index contributed by atoms with van der Waals surface area (Å²) in [5.74, 6) is -12.9. The van der Waals surface area contributed by atoms with Gasteiger partial charge in [0.2, 0.25) is 16.3 Å². The van der Waals surface area contributed by atoms with Crippen molar-refractivity contribution in [2.75, 3.05) is 95.8 Å². The third-order valence-corrected chi connectivity index (χ3v) is 19.2. The van der Waals surface area contributed by atoms with Gasteiger partial charge in [0.05, 0.1) is 71.1 Å². The van der Waals surface area contributed by atoms with Crippen molar-refractivity contribution < 1.29 is 84.9 Å². The molecule has 5 aromatic rings. The highest BCUT2D eigenvalue weighted by Gasteiger charge is 2.49. The van der Waals surface area contributed by atoms with Crippen molar-refractivity contribution in [1.82, 2.24) is 69.7 Å². The first-order valence-electron chi connectivity index (χ1n) is 32.0. The van der Waals surface area contributed by atoms with Crippen LogP contribution in [0, 0.1) is 26.8 Å². The topological polar surface area (TPSA) is 372 Å². The van der Waals surface area contributed by atoms with E-state index in [9.17, 15) is 89.8 Å². The summed E-state index contributed by atoms with van der Waals surface area (Å²) < 4.78 is 70.3. The zero-order chi connectivity index (χ0) is 75.1. The van der Waals surface area contributed by atoms with Crippen LogP contribution in [-0.4, -0.2) is 209 Å². The van der Waals surface area contributed by atoms with Crippen LogP contribution < -0.4 is 52.3 Å². The zero-order valence-corrected chi connectivity index (χ0v) is 59.3. The van der Waals surface area contributed by atoms with E-state index in [1.165, 1.54) is 80.3 Å². The number of carbonyl (C=O) groups excluding carboxylic acids is 11. The first-order chi connectivity index (χ1) is 48.2. The van der Waals surface area contributed by atoms with Gasteiger partial charge in [-0.1, -0.05) is 12.1 Å². The molecular weight excluding hydrogens is 1460 g/mol. The molecule has 0 radical (unpaired) electrons. The van der Waals surface area contributed by atoms with Crippen LogP contribution in [0.1, 0.15) is 157 Å². The Labute approximate surface area is 592 Å². The van der Waals surface area contributed by atoms with Crippen LogP contribution in [0.25, 0.3) is 0 Å². The molecule has 6 aliphatic rings. The van der Waals surface area contributed by atoms with Gasteiger partial charge < -0.3 is 84.3 Å². The molecule has 3 aromatic heterocycles. The molecule has 0 saturated heterocycles. The van der Waals surface area contributed by atoms with Crippen LogP contribution in [0.4, 0.5) is 17.6 Å². The normalized spacial score (nSPS) is 18.4. The first kappa shape index (κ1) is 75.5. The van der Waals surface area contributed by atoms with Crippen LogP contribution in [-0.2, 0) is 41.9 Å². The van der Waals surface area contributed by atoms with E-state index in [1.807, 2.05) is 34.1 Å². The Kier molecular flexibility index (Phi) is 22.4. The number of ether oxygens (including phenoxy) is 2. The van der Waals surface area contributed by atoms with Crippen LogP contribution in [0.3, 0.4) is 0 Å². The Balaban J connectivity index is 0.000000181. The number of aromatic nitrogens is 3. The maximum absolute atomic E-state index is 14.1. The lowest BCUT2D eigenvalue weighted by Crippen LogP contribution is -2.45. The van der Waals surface area contributed by atoms with Gasteiger partial charge in [-0.15, -0.1) is 0 Å². The van der Waals surface area contributed by atoms with E-state index in [4.69, 9.17) is 9.47 Å². The van der Waals surface area contributed by atoms with Crippen LogP contribution in [0.15, 0.2) is 50.8 Å². The number of rotatable bonds is 14. The fourth-order valence-corrected chi connectivity index (χ4v) is 14.2. The largest absolute Gasteiger partial charge is 0.503 e. The Bertz CT molecular complexity index is 4580. The maximum Gasteiger partial charge on any atom is 0.311 e. The van der Waals surface area contributed by atoms with E-state index in [0.29, 0.717) is 54.0 Å². The summed E-state index contributed by atoms with van der Waals surface area (Å²) in [4.78, 5) is 187. The minimum atomic E-state index is -1.15. The number of aromatic hydroxyl groups is 1. The highest BCUT2D eigenvalue weighted by atomic mass is 127. The summed E-state index contributed by atoms with van der Waals surface area (Å²) in [5.41, 5.74) is -3.03. The van der Waals surface area contributed by atoms with Gasteiger partial charge in [-0.25, -0.2) is 17.6 Å². The summed E-state index contributed by atoms with van der Waals surface area (Å²) in [7, 11) is 11.1. The summed E-state index contributed by atoms with van der Waals surface area (Å²) in [6.45, 7) is 6.66. The smallest absolute Gasteiger partial charge is 0.311 e. The second-order valence-electron chi connectivity index (χ2n) is 25.0. The SMILES string of the molecule is CCN1C[C@@H]2CC(NC(=O)C(=O)N(C)C)c3c(C(=O)NCc4ccc(F)cc4F)c(=O)c(O)c(n32)C1=O.CCN1C[C@@H]2CC(NC(=O)C(=O)N(C)C)c3c(C(=O)NCc4ccc(F)cc4F)c(=O)c(OC)c(n32)C1=O.CCN1C[C@@H]2CC(NC(=O)C(=O)N(C)C)c3c(I)c(=O)c(OC)c(n32)C1=O. The lowest BCUT2D eigenvalue weighted by molar-refractivity contribution is -0.144. The molecule has 6 N–H and O–H groups in total. The summed E-state index contributed by atoms with van der Waals surface area (Å²) in [5, 5.41) is 23.4. The monoisotopic (exact) mass is 1540 g/mol. The standard InChI is InChI=1S/C25H27F2N5O6.C24H25F2N5O6.C17H21IN4O5/c1-5-31-11-14-9-16(29-23(35)25(37)30(2)3)18-17(20(33)21(38-4)19(24(31)36)32(14)18)22(34)28-10-12-6-7-13(26)8-15(12)27;1-4-30-10-13-8-15(28-22(35)24(37)29(2)3)17-16(19(32)20(33)18(23(30)36)31(13)17)21(34)27-9-11-5-6-12(25)7-14(11)26;1-5-21-7-8-6-9(19-15(24)17(26)20(2)3)11-10(18)13(23)14(27-4)12(16(21)25)22(8)11/h6-8,14,16H,5,9-11H2,1-4H3,(H,28,34)(H,29,35);5-7,13,15,33H,4,8-10H2,1-3H3,(H,27,34)(H,28,35);8-9H,5-7H2,1-4H3,(H,19,24)/t14-,16?;13-,15?;8-,9?/m000/s1. The zero-order valence-electron chi connectivity index (χ0n) is 57.1. The third-order valence-electron chi connectivity index (χ3n) is 18.2. The molecule has 2 aromatic carbocycles. The molecule has 0 spiro atoms. The molecule has 0 fully saturated rings. The van der Waals surface area contributed by atoms with Crippen molar-refractivity contribution in [2.45, 2.75) is 89.4 Å². The molecule has 0 saturated carbocycles. The van der Waals surface area contributed by atoms with Gasteiger partial charge in [-0.3, -0.25) is 67.1 Å². The van der Waals surface area contributed by atoms with Crippen molar-refractivity contribution in [3.8, 4) is 17.2 Å². The number of hydrogen-bond acceptors (Lipinski definition) is 17. The van der Waals surface area contributed by atoms with Crippen molar-refractivity contribution in [1.29, 1.82) is 0 Å². The maximum atomic E-state index is 14.1. The Morgan fingerprint density at radius 3 is 1.17 bits per heavy atom. The predicted octanol–water partition coefficient (Wildman–Crippen LogP) is 1.29. The molecule has 31 nitrogen and oxygen atoms in total.